The summed E-state index contributed by atoms with van der Waals surface area (Å²) >= 11 is 1.39. The first kappa shape index (κ1) is 19.6. The summed E-state index contributed by atoms with van der Waals surface area (Å²) in [6.07, 6.45) is 1.70. The van der Waals surface area contributed by atoms with Gasteiger partial charge in [-0.2, -0.15) is 0 Å². The third-order valence-electron chi connectivity index (χ3n) is 3.90. The van der Waals surface area contributed by atoms with Gasteiger partial charge in [0.25, 0.3) is 5.19 Å². The van der Waals surface area contributed by atoms with Crippen molar-refractivity contribution in [2.45, 2.75) is 19.9 Å². The van der Waals surface area contributed by atoms with Gasteiger partial charge >= 0.3 is 0 Å². The molecule has 0 aliphatic rings. The van der Waals surface area contributed by atoms with E-state index < -0.39 is 0 Å². The Hall–Kier alpha value is -3.76. The van der Waals surface area contributed by atoms with Crippen molar-refractivity contribution in [3.8, 4) is 34.3 Å². The molecular weight excluding hydrogens is 398 g/mol. The fourth-order valence-corrected chi connectivity index (χ4v) is 3.18. The van der Waals surface area contributed by atoms with Crippen LogP contribution in [-0.2, 0) is 0 Å². The maximum absolute atomic E-state index is 5.82. The monoisotopic (exact) mass is 417 g/mol. The van der Waals surface area contributed by atoms with E-state index in [-0.39, 0.29) is 6.04 Å². The molecule has 1 unspecified atom stereocenters. The Kier molecular flexibility index (Phi) is 5.97. The molecule has 0 radical (unpaired) electrons. The third-order valence-corrected chi connectivity index (χ3v) is 4.69. The highest BCUT2D eigenvalue weighted by molar-refractivity contribution is 7.13. The lowest BCUT2D eigenvalue weighted by atomic mass is 10.3. The fourth-order valence-electron chi connectivity index (χ4n) is 2.54. The van der Waals surface area contributed by atoms with E-state index in [2.05, 4.69) is 27.3 Å². The first-order valence-corrected chi connectivity index (χ1v) is 10.1. The van der Waals surface area contributed by atoms with Crippen molar-refractivity contribution in [1.82, 2.24) is 10.1 Å². The van der Waals surface area contributed by atoms with Gasteiger partial charge in [-0.05, 0) is 50.2 Å². The topological polar surface area (TPSA) is 69.4 Å². The predicted molar refractivity (Wildman–Crippen MR) is 116 cm³/mol. The summed E-state index contributed by atoms with van der Waals surface area (Å²) in [4.78, 5) is 5.10. The molecule has 150 valence electrons. The number of hydrogen-bond acceptors (Lipinski definition) is 7. The second-order valence-corrected chi connectivity index (χ2v) is 7.43. The molecule has 4 aromatic rings. The lowest BCUT2D eigenvalue weighted by Gasteiger charge is -2.06. The number of aryl methyl sites for hydroxylation is 1. The minimum atomic E-state index is -0.0851. The highest BCUT2D eigenvalue weighted by Crippen LogP contribution is 2.29. The van der Waals surface area contributed by atoms with Crippen LogP contribution in [0.15, 0.2) is 71.4 Å². The Labute approximate surface area is 178 Å². The van der Waals surface area contributed by atoms with Crippen molar-refractivity contribution in [1.29, 1.82) is 0 Å². The number of anilines is 1. The van der Waals surface area contributed by atoms with Crippen LogP contribution in [0.4, 0.5) is 5.82 Å². The molecule has 2 aromatic carbocycles. The second kappa shape index (κ2) is 9.16. The van der Waals surface area contributed by atoms with Gasteiger partial charge < -0.3 is 19.3 Å². The van der Waals surface area contributed by atoms with E-state index >= 15 is 0 Å². The van der Waals surface area contributed by atoms with Gasteiger partial charge in [0, 0.05) is 6.07 Å². The smallest absolute Gasteiger partial charge is 0.279 e. The molecule has 0 saturated carbocycles. The molecular formula is C23H19N3O3S. The van der Waals surface area contributed by atoms with Crippen molar-refractivity contribution in [2.75, 3.05) is 5.32 Å². The van der Waals surface area contributed by atoms with Gasteiger partial charge in [-0.1, -0.05) is 46.5 Å². The number of thiazole rings is 1. The van der Waals surface area contributed by atoms with E-state index in [0.29, 0.717) is 16.8 Å². The van der Waals surface area contributed by atoms with Crippen LogP contribution in [0.5, 0.6) is 22.4 Å². The molecule has 1 N–H and O–H groups in total. The minimum absolute atomic E-state index is 0.0851. The number of nitrogens with zero attached hydrogens (tertiary/aromatic N) is 2. The summed E-state index contributed by atoms with van der Waals surface area (Å²) < 4.78 is 16.6. The molecule has 0 saturated heterocycles. The molecule has 2 aromatic heterocycles. The van der Waals surface area contributed by atoms with E-state index in [0.717, 1.165) is 22.1 Å². The summed E-state index contributed by atoms with van der Waals surface area (Å²) in [5.41, 5.74) is 0. The van der Waals surface area contributed by atoms with E-state index in [9.17, 15) is 0 Å². The molecule has 4 rings (SSSR count). The number of hydrogen-bond donors (Lipinski definition) is 1. The Balaban J connectivity index is 1.33. The number of nitrogens with one attached hydrogen (secondary N) is 1. The first-order chi connectivity index (χ1) is 14.6. The number of aromatic nitrogens is 2. The molecule has 0 aliphatic carbocycles. The largest absolute Gasteiger partial charge is 0.457 e. The van der Waals surface area contributed by atoms with Crippen molar-refractivity contribution in [3.63, 3.8) is 0 Å². The molecule has 0 spiro atoms. The summed E-state index contributed by atoms with van der Waals surface area (Å²) in [5, 5.41) is 7.59. The van der Waals surface area contributed by atoms with Crippen molar-refractivity contribution in [2.24, 2.45) is 0 Å². The Morgan fingerprint density at radius 1 is 1.00 bits per heavy atom. The molecule has 7 heteroatoms. The van der Waals surface area contributed by atoms with Crippen molar-refractivity contribution < 1.29 is 14.0 Å². The van der Waals surface area contributed by atoms with Crippen molar-refractivity contribution in [3.05, 3.63) is 77.5 Å². The Morgan fingerprint density at radius 3 is 2.40 bits per heavy atom. The van der Waals surface area contributed by atoms with Crippen LogP contribution in [0.2, 0.25) is 0 Å². The van der Waals surface area contributed by atoms with Crippen LogP contribution in [0.1, 0.15) is 17.6 Å². The maximum atomic E-state index is 5.82. The average molecular weight is 417 g/mol. The van der Waals surface area contributed by atoms with Gasteiger partial charge in [0.1, 0.15) is 27.9 Å². The summed E-state index contributed by atoms with van der Waals surface area (Å²) in [7, 11) is 0. The highest BCUT2D eigenvalue weighted by atomic mass is 32.1. The molecule has 6 nitrogen and oxygen atoms in total. The Bertz CT molecular complexity index is 1160. The van der Waals surface area contributed by atoms with Gasteiger partial charge in [-0.15, -0.1) is 0 Å². The summed E-state index contributed by atoms with van der Waals surface area (Å²) in [6.45, 7) is 3.80. The summed E-state index contributed by atoms with van der Waals surface area (Å²) in [6, 6.07) is 18.8. The van der Waals surface area contributed by atoms with Gasteiger partial charge in [-0.3, -0.25) is 0 Å². The zero-order valence-electron chi connectivity index (χ0n) is 16.5. The third kappa shape index (κ3) is 5.40. The summed E-state index contributed by atoms with van der Waals surface area (Å²) in [5.74, 6) is 9.85. The standard InChI is InChI=1S/C23H19N3O3S/c1-16(25-22-14-17(2)29-26-22)8-13-21-15-24-23(30-21)28-20-11-9-19(10-12-20)27-18-6-4-3-5-7-18/h3-7,9-12,14-16H,1-2H3,(H,25,26). The number of para-hydroxylation sites is 1. The lowest BCUT2D eigenvalue weighted by molar-refractivity contribution is 0.399. The van der Waals surface area contributed by atoms with Crippen LogP contribution in [0, 0.1) is 18.8 Å². The van der Waals surface area contributed by atoms with Crippen LogP contribution >= 0.6 is 11.3 Å². The molecule has 30 heavy (non-hydrogen) atoms. The maximum Gasteiger partial charge on any atom is 0.279 e. The second-order valence-electron chi connectivity index (χ2n) is 6.44. The van der Waals surface area contributed by atoms with Crippen LogP contribution < -0.4 is 14.8 Å². The first-order valence-electron chi connectivity index (χ1n) is 9.32. The quantitative estimate of drug-likeness (QED) is 0.395. The van der Waals surface area contributed by atoms with Crippen LogP contribution in [0.3, 0.4) is 0 Å². The van der Waals surface area contributed by atoms with Gasteiger partial charge in [0.05, 0.1) is 12.2 Å². The predicted octanol–water partition coefficient (Wildman–Crippen LogP) is 5.88. The molecule has 1 atom stereocenters. The number of ether oxygens (including phenoxy) is 2. The molecule has 0 fully saturated rings. The van der Waals surface area contributed by atoms with E-state index in [1.807, 2.05) is 74.5 Å². The van der Waals surface area contributed by atoms with E-state index in [4.69, 9.17) is 14.0 Å². The Morgan fingerprint density at radius 2 is 1.70 bits per heavy atom. The number of rotatable bonds is 6. The molecule has 2 heterocycles. The van der Waals surface area contributed by atoms with Gasteiger partial charge in [0.15, 0.2) is 5.82 Å². The fraction of sp³-hybridized carbons (Fsp3) is 0.130. The van der Waals surface area contributed by atoms with E-state index in [1.165, 1.54) is 11.3 Å². The van der Waals surface area contributed by atoms with Gasteiger partial charge in [0.2, 0.25) is 0 Å². The van der Waals surface area contributed by atoms with E-state index in [1.54, 1.807) is 6.20 Å². The van der Waals surface area contributed by atoms with Crippen LogP contribution in [-0.4, -0.2) is 16.2 Å². The van der Waals surface area contributed by atoms with Gasteiger partial charge in [-0.25, -0.2) is 4.98 Å². The molecule has 0 aliphatic heterocycles. The van der Waals surface area contributed by atoms with Crippen LogP contribution in [0.25, 0.3) is 0 Å². The normalized spacial score (nSPS) is 11.3. The lowest BCUT2D eigenvalue weighted by Crippen LogP contribution is -2.12. The highest BCUT2D eigenvalue weighted by Gasteiger charge is 2.05. The SMILES string of the molecule is Cc1cc(NC(C)C#Cc2cnc(Oc3ccc(Oc4ccccc4)cc3)s2)no1. The zero-order chi connectivity index (χ0) is 20.8. The number of benzene rings is 2. The minimum Gasteiger partial charge on any atom is -0.457 e. The zero-order valence-corrected chi connectivity index (χ0v) is 17.3. The average Bonchev–Trinajstić information content (AvgIpc) is 3.37. The molecule has 0 amide bonds. The van der Waals surface area contributed by atoms with Crippen molar-refractivity contribution >= 4 is 17.2 Å². The molecule has 0 bridgehead atoms.